The predicted octanol–water partition coefficient (Wildman–Crippen LogP) is 4.52. The Labute approximate surface area is 158 Å². The van der Waals surface area contributed by atoms with Crippen LogP contribution in [0.15, 0.2) is 42.0 Å². The second kappa shape index (κ2) is 5.49. The van der Waals surface area contributed by atoms with Crippen molar-refractivity contribution in [2.75, 3.05) is 19.1 Å². The Kier molecular flexibility index (Phi) is 3.54. The third kappa shape index (κ3) is 2.07. The molecule has 2 aromatic rings. The van der Waals surface area contributed by atoms with E-state index in [0.717, 1.165) is 11.3 Å². The van der Waals surface area contributed by atoms with Crippen molar-refractivity contribution in [2.45, 2.75) is 31.9 Å². The van der Waals surface area contributed by atoms with E-state index >= 15 is 0 Å². The third-order valence-electron chi connectivity index (χ3n) is 5.91. The Morgan fingerprint density at radius 1 is 1.22 bits per heavy atom. The van der Waals surface area contributed by atoms with Gasteiger partial charge in [-0.25, -0.2) is 0 Å². The van der Waals surface area contributed by atoms with Gasteiger partial charge in [-0.2, -0.15) is 0 Å². The van der Waals surface area contributed by atoms with Gasteiger partial charge in [0.1, 0.15) is 0 Å². The number of hydrogen-bond acceptors (Lipinski definition) is 5. The highest BCUT2D eigenvalue weighted by atomic mass is 16.6. The fourth-order valence-corrected chi connectivity index (χ4v) is 4.66. The number of benzene rings is 2. The molecule has 0 aliphatic carbocycles. The first kappa shape index (κ1) is 17.4. The number of fused-ring (bicyclic) bond motifs is 2. The van der Waals surface area contributed by atoms with E-state index in [1.165, 1.54) is 24.8 Å². The molecule has 0 aromatic heterocycles. The van der Waals surface area contributed by atoms with Crippen LogP contribution in [0.4, 0.5) is 11.4 Å². The number of likely N-dealkylation sites (N-methyl/N-ethyl adjacent to an activating group) is 1. The van der Waals surface area contributed by atoms with Gasteiger partial charge in [-0.1, -0.05) is 18.2 Å². The van der Waals surface area contributed by atoms with Gasteiger partial charge in [-0.15, -0.1) is 0 Å². The summed E-state index contributed by atoms with van der Waals surface area (Å²) in [5.74, 6) is 0.893. The molecule has 6 nitrogen and oxygen atoms in total. The lowest BCUT2D eigenvalue weighted by Crippen LogP contribution is -2.60. The van der Waals surface area contributed by atoms with Gasteiger partial charge in [0.25, 0.3) is 5.69 Å². The van der Waals surface area contributed by atoms with Crippen LogP contribution in [0.25, 0.3) is 6.08 Å². The molecular formula is C21H22N2O4. The van der Waals surface area contributed by atoms with Gasteiger partial charge >= 0.3 is 0 Å². The van der Waals surface area contributed by atoms with Crippen LogP contribution >= 0.6 is 0 Å². The van der Waals surface area contributed by atoms with Crippen molar-refractivity contribution in [1.29, 1.82) is 0 Å². The zero-order chi connectivity index (χ0) is 19.6. The molecule has 0 radical (unpaired) electrons. The molecule has 0 amide bonds. The molecule has 27 heavy (non-hydrogen) atoms. The van der Waals surface area contributed by atoms with Crippen LogP contribution < -0.4 is 14.4 Å². The van der Waals surface area contributed by atoms with Crippen molar-refractivity contribution in [3.05, 3.63) is 63.2 Å². The first-order valence-corrected chi connectivity index (χ1v) is 8.81. The standard InChI is InChI=1S/C21H22N2O4/c1-13-10-14-11-15(23(24)25)12-18(26-5)19(14)27-21(13)20(2,3)16-8-6-7-9-17(16)22(21)4/h6-12H,1-5H3/t21-/m0/s1. The summed E-state index contributed by atoms with van der Waals surface area (Å²) in [5.41, 5.74) is 2.85. The van der Waals surface area contributed by atoms with E-state index < -0.39 is 10.6 Å². The number of nitro groups is 1. The molecule has 2 heterocycles. The molecule has 140 valence electrons. The van der Waals surface area contributed by atoms with Gasteiger partial charge < -0.3 is 14.4 Å². The molecule has 1 atom stereocenters. The number of hydrogen-bond donors (Lipinski definition) is 0. The van der Waals surface area contributed by atoms with Gasteiger partial charge in [0.15, 0.2) is 11.5 Å². The molecule has 0 saturated heterocycles. The maximum Gasteiger partial charge on any atom is 0.274 e. The lowest BCUT2D eigenvalue weighted by Gasteiger charge is -2.48. The zero-order valence-electron chi connectivity index (χ0n) is 16.1. The van der Waals surface area contributed by atoms with Crippen molar-refractivity contribution in [1.82, 2.24) is 0 Å². The second-order valence-corrected chi connectivity index (χ2v) is 7.60. The number of nitrogens with zero attached hydrogens (tertiary/aromatic N) is 2. The summed E-state index contributed by atoms with van der Waals surface area (Å²) in [4.78, 5) is 13.0. The lowest BCUT2D eigenvalue weighted by atomic mass is 9.73. The van der Waals surface area contributed by atoms with Crippen LogP contribution in [0.5, 0.6) is 11.5 Å². The molecule has 6 heteroatoms. The minimum absolute atomic E-state index is 0.0171. The minimum Gasteiger partial charge on any atom is -0.493 e. The highest BCUT2D eigenvalue weighted by Gasteiger charge is 2.60. The molecule has 0 N–H and O–H groups in total. The number of para-hydroxylation sites is 1. The molecule has 0 fully saturated rings. The predicted molar refractivity (Wildman–Crippen MR) is 105 cm³/mol. The van der Waals surface area contributed by atoms with E-state index in [9.17, 15) is 10.1 Å². The van der Waals surface area contributed by atoms with Gasteiger partial charge in [-0.05, 0) is 44.1 Å². The number of nitro benzene ring substituents is 1. The van der Waals surface area contributed by atoms with Gasteiger partial charge in [0.2, 0.25) is 5.72 Å². The van der Waals surface area contributed by atoms with Crippen molar-refractivity contribution in [3.8, 4) is 11.5 Å². The highest BCUT2D eigenvalue weighted by molar-refractivity contribution is 5.77. The molecule has 2 aliphatic heterocycles. The van der Waals surface area contributed by atoms with Crippen LogP contribution in [0.2, 0.25) is 0 Å². The summed E-state index contributed by atoms with van der Waals surface area (Å²) in [6, 6.07) is 11.2. The number of non-ortho nitro benzene ring substituents is 1. The molecule has 0 bridgehead atoms. The summed E-state index contributed by atoms with van der Waals surface area (Å²) < 4.78 is 12.1. The molecule has 0 unspecified atom stereocenters. The molecule has 4 rings (SSSR count). The van der Waals surface area contributed by atoms with Crippen LogP contribution in [-0.2, 0) is 5.41 Å². The first-order valence-electron chi connectivity index (χ1n) is 8.81. The molecule has 2 aromatic carbocycles. The smallest absolute Gasteiger partial charge is 0.274 e. The summed E-state index contributed by atoms with van der Waals surface area (Å²) in [6.07, 6.45) is 1.97. The number of rotatable bonds is 2. The Hall–Kier alpha value is -3.02. The van der Waals surface area contributed by atoms with E-state index in [1.807, 2.05) is 32.2 Å². The van der Waals surface area contributed by atoms with Gasteiger partial charge in [-0.3, -0.25) is 10.1 Å². The van der Waals surface area contributed by atoms with E-state index in [2.05, 4.69) is 30.9 Å². The lowest BCUT2D eigenvalue weighted by molar-refractivity contribution is -0.385. The second-order valence-electron chi connectivity index (χ2n) is 7.60. The Morgan fingerprint density at radius 3 is 2.56 bits per heavy atom. The zero-order valence-corrected chi connectivity index (χ0v) is 16.1. The van der Waals surface area contributed by atoms with Crippen LogP contribution in [0.3, 0.4) is 0 Å². The van der Waals surface area contributed by atoms with Crippen LogP contribution in [-0.4, -0.2) is 24.8 Å². The van der Waals surface area contributed by atoms with Gasteiger partial charge in [0, 0.05) is 24.4 Å². The number of anilines is 1. The summed E-state index contributed by atoms with van der Waals surface area (Å²) in [7, 11) is 3.52. The quantitative estimate of drug-likeness (QED) is 0.577. The van der Waals surface area contributed by atoms with Crippen LogP contribution in [0.1, 0.15) is 31.9 Å². The Morgan fingerprint density at radius 2 is 1.93 bits per heavy atom. The van der Waals surface area contributed by atoms with Crippen molar-refractivity contribution < 1.29 is 14.4 Å². The van der Waals surface area contributed by atoms with E-state index in [0.29, 0.717) is 17.1 Å². The number of methoxy groups -OCH3 is 1. The van der Waals surface area contributed by atoms with E-state index in [-0.39, 0.29) is 11.1 Å². The van der Waals surface area contributed by atoms with Crippen molar-refractivity contribution in [2.24, 2.45) is 0 Å². The Bertz CT molecular complexity index is 996. The number of ether oxygens (including phenoxy) is 2. The summed E-state index contributed by atoms with van der Waals surface area (Å²) in [5, 5.41) is 11.3. The molecule has 2 aliphatic rings. The normalized spacial score (nSPS) is 22.0. The average molecular weight is 366 g/mol. The fraction of sp³-hybridized carbons (Fsp3) is 0.333. The largest absolute Gasteiger partial charge is 0.493 e. The maximum absolute atomic E-state index is 11.3. The summed E-state index contributed by atoms with van der Waals surface area (Å²) >= 11 is 0. The van der Waals surface area contributed by atoms with Crippen molar-refractivity contribution >= 4 is 17.5 Å². The van der Waals surface area contributed by atoms with Crippen LogP contribution in [0, 0.1) is 10.1 Å². The molecule has 0 saturated carbocycles. The first-order chi connectivity index (χ1) is 12.7. The third-order valence-corrected chi connectivity index (χ3v) is 5.91. The highest BCUT2D eigenvalue weighted by Crippen LogP contribution is 2.58. The molecular weight excluding hydrogens is 344 g/mol. The summed E-state index contributed by atoms with van der Waals surface area (Å²) in [6.45, 7) is 6.34. The fourth-order valence-electron chi connectivity index (χ4n) is 4.66. The van der Waals surface area contributed by atoms with Crippen molar-refractivity contribution in [3.63, 3.8) is 0 Å². The monoisotopic (exact) mass is 366 g/mol. The maximum atomic E-state index is 11.3. The topological polar surface area (TPSA) is 64.8 Å². The molecule has 1 spiro atoms. The van der Waals surface area contributed by atoms with E-state index in [1.54, 1.807) is 0 Å². The Balaban J connectivity index is 1.96. The SMILES string of the molecule is COc1cc([N+](=O)[O-])cc2c1O[C@]1(C(C)=C2)N(C)c2ccccc2C1(C)C. The van der Waals surface area contributed by atoms with E-state index in [4.69, 9.17) is 9.47 Å². The average Bonchev–Trinajstić information content (AvgIpc) is 2.81. The van der Waals surface area contributed by atoms with Gasteiger partial charge in [0.05, 0.1) is 23.5 Å². The minimum atomic E-state index is -0.743.